The predicted octanol–water partition coefficient (Wildman–Crippen LogP) is 6.74. The molecule has 1 atom stereocenters. The van der Waals surface area contributed by atoms with Gasteiger partial charge < -0.3 is 9.84 Å². The lowest BCUT2D eigenvalue weighted by atomic mass is 10.0. The van der Waals surface area contributed by atoms with E-state index in [4.69, 9.17) is 9.84 Å². The average molecular weight is 343 g/mol. The first-order valence-electron chi connectivity index (χ1n) is 10.4. The highest BCUT2D eigenvalue weighted by molar-refractivity contribution is 5.76. The smallest absolute Gasteiger partial charge is 0.335 e. The van der Waals surface area contributed by atoms with Gasteiger partial charge in [-0.25, -0.2) is 4.79 Å². The van der Waals surface area contributed by atoms with Gasteiger partial charge in [0.05, 0.1) is 0 Å². The lowest BCUT2D eigenvalue weighted by Gasteiger charge is -2.23. The molecule has 24 heavy (non-hydrogen) atoms. The molecule has 1 N–H and O–H groups in total. The van der Waals surface area contributed by atoms with Crippen molar-refractivity contribution in [2.24, 2.45) is 0 Å². The molecule has 3 heteroatoms. The van der Waals surface area contributed by atoms with Crippen LogP contribution in [0.25, 0.3) is 0 Å². The zero-order valence-corrected chi connectivity index (χ0v) is 16.6. The molecule has 0 aliphatic heterocycles. The first-order valence-corrected chi connectivity index (χ1v) is 10.4. The zero-order valence-electron chi connectivity index (χ0n) is 16.6. The molecule has 0 heterocycles. The molecule has 1 unspecified atom stereocenters. The fraction of sp³-hybridized carbons (Fsp3) is 0.952. The highest BCUT2D eigenvalue weighted by Gasteiger charge is 2.31. The van der Waals surface area contributed by atoms with Gasteiger partial charge in [-0.1, -0.05) is 97.3 Å². The van der Waals surface area contributed by atoms with E-state index in [1.54, 1.807) is 6.92 Å². The molecule has 0 spiro atoms. The fourth-order valence-corrected chi connectivity index (χ4v) is 2.91. The number of hydrogen-bond acceptors (Lipinski definition) is 2. The van der Waals surface area contributed by atoms with Gasteiger partial charge in [-0.05, 0) is 19.8 Å². The predicted molar refractivity (Wildman–Crippen MR) is 103 cm³/mol. The lowest BCUT2D eigenvalue weighted by Crippen LogP contribution is -2.37. The van der Waals surface area contributed by atoms with Gasteiger partial charge in [0, 0.05) is 6.61 Å². The Morgan fingerprint density at radius 3 is 1.46 bits per heavy atom. The number of unbranched alkanes of at least 4 members (excludes halogenated alkanes) is 13. The molecule has 0 fully saturated rings. The van der Waals surface area contributed by atoms with Crippen LogP contribution in [0.4, 0.5) is 0 Å². The van der Waals surface area contributed by atoms with Crippen LogP contribution in [-0.2, 0) is 9.53 Å². The first-order chi connectivity index (χ1) is 11.6. The summed E-state index contributed by atoms with van der Waals surface area (Å²) >= 11 is 0. The van der Waals surface area contributed by atoms with Crippen LogP contribution in [0.5, 0.6) is 0 Å². The molecule has 0 aromatic carbocycles. The Morgan fingerprint density at radius 2 is 1.12 bits per heavy atom. The molecule has 0 aromatic heterocycles. The maximum atomic E-state index is 11.1. The van der Waals surface area contributed by atoms with Gasteiger partial charge in [-0.3, -0.25) is 0 Å². The Hall–Kier alpha value is -0.570. The Bertz CT molecular complexity index is 291. The third kappa shape index (κ3) is 12.8. The van der Waals surface area contributed by atoms with E-state index < -0.39 is 11.6 Å². The van der Waals surface area contributed by atoms with Crippen LogP contribution in [0.1, 0.15) is 117 Å². The van der Waals surface area contributed by atoms with Gasteiger partial charge in [0.1, 0.15) is 0 Å². The number of hydrogen-bond donors (Lipinski definition) is 1. The van der Waals surface area contributed by atoms with Gasteiger partial charge in [0.15, 0.2) is 5.60 Å². The van der Waals surface area contributed by atoms with E-state index in [9.17, 15) is 4.79 Å². The fourth-order valence-electron chi connectivity index (χ4n) is 2.91. The Labute approximate surface area is 150 Å². The molecule has 0 radical (unpaired) electrons. The van der Waals surface area contributed by atoms with Crippen LogP contribution < -0.4 is 0 Å². The van der Waals surface area contributed by atoms with E-state index >= 15 is 0 Å². The quantitative estimate of drug-likeness (QED) is 0.281. The standard InChI is InChI=1S/C21H42O3/c1-4-6-7-8-9-10-11-12-13-14-15-16-17-18-19-24-21(3,5-2)20(22)23/h4-19H2,1-3H3,(H,22,23). The minimum atomic E-state index is -1.00. The highest BCUT2D eigenvalue weighted by Crippen LogP contribution is 2.17. The maximum Gasteiger partial charge on any atom is 0.335 e. The molecule has 0 saturated carbocycles. The topological polar surface area (TPSA) is 46.5 Å². The molecule has 0 aliphatic carbocycles. The summed E-state index contributed by atoms with van der Waals surface area (Å²) in [6.07, 6.45) is 19.1. The molecule has 0 amide bonds. The van der Waals surface area contributed by atoms with E-state index in [0.29, 0.717) is 13.0 Å². The van der Waals surface area contributed by atoms with Gasteiger partial charge in [-0.2, -0.15) is 0 Å². The molecule has 144 valence electrons. The zero-order chi connectivity index (χ0) is 18.1. The Morgan fingerprint density at radius 1 is 0.750 bits per heavy atom. The summed E-state index contributed by atoms with van der Waals surface area (Å²) in [5.74, 6) is -0.852. The maximum absolute atomic E-state index is 11.1. The molecular weight excluding hydrogens is 300 g/mol. The van der Waals surface area contributed by atoms with Crippen LogP contribution in [0.15, 0.2) is 0 Å². The van der Waals surface area contributed by atoms with Crippen molar-refractivity contribution in [2.75, 3.05) is 6.61 Å². The second-order valence-corrected chi connectivity index (χ2v) is 7.33. The number of carboxylic acid groups (broad SMARTS) is 1. The van der Waals surface area contributed by atoms with E-state index in [1.165, 1.54) is 77.0 Å². The highest BCUT2D eigenvalue weighted by atomic mass is 16.5. The van der Waals surface area contributed by atoms with Gasteiger partial charge in [-0.15, -0.1) is 0 Å². The van der Waals surface area contributed by atoms with Crippen molar-refractivity contribution in [3.63, 3.8) is 0 Å². The summed E-state index contributed by atoms with van der Waals surface area (Å²) in [6.45, 7) is 6.36. The van der Waals surface area contributed by atoms with Crippen molar-refractivity contribution in [1.29, 1.82) is 0 Å². The summed E-state index contributed by atoms with van der Waals surface area (Å²) in [5, 5.41) is 9.12. The van der Waals surface area contributed by atoms with Crippen molar-refractivity contribution in [3.05, 3.63) is 0 Å². The molecule has 0 aliphatic rings. The van der Waals surface area contributed by atoms with Crippen molar-refractivity contribution in [2.45, 2.75) is 123 Å². The summed E-state index contributed by atoms with van der Waals surface area (Å²) in [4.78, 5) is 11.1. The number of aliphatic carboxylic acids is 1. The van der Waals surface area contributed by atoms with E-state index in [0.717, 1.165) is 12.8 Å². The first kappa shape index (κ1) is 23.4. The van der Waals surface area contributed by atoms with Gasteiger partial charge >= 0.3 is 5.97 Å². The van der Waals surface area contributed by atoms with Crippen LogP contribution in [-0.4, -0.2) is 23.3 Å². The Kier molecular flexibility index (Phi) is 15.6. The molecule has 3 nitrogen and oxygen atoms in total. The molecular formula is C21H42O3. The van der Waals surface area contributed by atoms with Crippen molar-refractivity contribution >= 4 is 5.97 Å². The van der Waals surface area contributed by atoms with Crippen molar-refractivity contribution in [3.8, 4) is 0 Å². The summed E-state index contributed by atoms with van der Waals surface area (Å²) in [6, 6.07) is 0. The van der Waals surface area contributed by atoms with Crippen LogP contribution in [0.2, 0.25) is 0 Å². The third-order valence-corrected chi connectivity index (χ3v) is 5.05. The molecule has 0 rings (SSSR count). The van der Waals surface area contributed by atoms with Crippen LogP contribution in [0.3, 0.4) is 0 Å². The van der Waals surface area contributed by atoms with E-state index in [1.807, 2.05) is 6.92 Å². The number of carbonyl (C=O) groups is 1. The molecule has 0 saturated heterocycles. The minimum absolute atomic E-state index is 0.515. The SMILES string of the molecule is CCCCCCCCCCCCCCCCOC(C)(CC)C(=O)O. The summed E-state index contributed by atoms with van der Waals surface area (Å²) in [5.41, 5.74) is -1.00. The number of carboxylic acids is 1. The van der Waals surface area contributed by atoms with Crippen molar-refractivity contribution in [1.82, 2.24) is 0 Å². The number of ether oxygens (including phenoxy) is 1. The average Bonchev–Trinajstić information content (AvgIpc) is 2.57. The van der Waals surface area contributed by atoms with Crippen LogP contribution in [0, 0.1) is 0 Å². The minimum Gasteiger partial charge on any atom is -0.479 e. The Balaban J connectivity index is 3.24. The third-order valence-electron chi connectivity index (χ3n) is 5.05. The molecule has 0 bridgehead atoms. The summed E-state index contributed by atoms with van der Waals surface area (Å²) in [7, 11) is 0. The summed E-state index contributed by atoms with van der Waals surface area (Å²) < 4.78 is 5.55. The number of rotatable bonds is 18. The van der Waals surface area contributed by atoms with Gasteiger partial charge in [0.2, 0.25) is 0 Å². The van der Waals surface area contributed by atoms with Gasteiger partial charge in [0.25, 0.3) is 0 Å². The monoisotopic (exact) mass is 342 g/mol. The lowest BCUT2D eigenvalue weighted by molar-refractivity contribution is -0.164. The van der Waals surface area contributed by atoms with Crippen LogP contribution >= 0.6 is 0 Å². The molecule has 0 aromatic rings. The second kappa shape index (κ2) is 15.9. The van der Waals surface area contributed by atoms with Crippen molar-refractivity contribution < 1.29 is 14.6 Å². The normalized spacial score (nSPS) is 13.8. The second-order valence-electron chi connectivity index (χ2n) is 7.33. The van der Waals surface area contributed by atoms with E-state index in [-0.39, 0.29) is 0 Å². The van der Waals surface area contributed by atoms with E-state index in [2.05, 4.69) is 6.92 Å². The largest absolute Gasteiger partial charge is 0.479 e.